The summed E-state index contributed by atoms with van der Waals surface area (Å²) in [5, 5.41) is 20.9. The number of carbonyl (C=O) groups is 3. The molecular formula is C23H27N9O3. The molecule has 1 aliphatic rings. The third-order valence-electron chi connectivity index (χ3n) is 5.58. The van der Waals surface area contributed by atoms with Crippen LogP contribution in [0.5, 0.6) is 0 Å². The molecule has 0 spiro atoms. The summed E-state index contributed by atoms with van der Waals surface area (Å²) in [4.78, 5) is 42.0. The van der Waals surface area contributed by atoms with E-state index in [-0.39, 0.29) is 23.6 Å². The van der Waals surface area contributed by atoms with Crippen molar-refractivity contribution in [2.24, 2.45) is 5.92 Å². The Morgan fingerprint density at radius 1 is 1.00 bits per heavy atom. The van der Waals surface area contributed by atoms with Crippen LogP contribution in [0.25, 0.3) is 5.82 Å². The number of anilines is 2. The smallest absolute Gasteiger partial charge is 0.251 e. The lowest BCUT2D eigenvalue weighted by Gasteiger charge is -2.32. The first-order valence-corrected chi connectivity index (χ1v) is 11.4. The number of nitrogens with zero attached hydrogens (tertiary/aromatic N) is 6. The maximum absolute atomic E-state index is 12.7. The maximum Gasteiger partial charge on any atom is 0.251 e. The van der Waals surface area contributed by atoms with Crippen LogP contribution in [0.4, 0.5) is 11.5 Å². The van der Waals surface area contributed by atoms with Gasteiger partial charge in [0.1, 0.15) is 12.7 Å². The lowest BCUT2D eigenvalue weighted by Crippen LogP contribution is -2.45. The molecular weight excluding hydrogens is 450 g/mol. The van der Waals surface area contributed by atoms with Crippen molar-refractivity contribution in [2.75, 3.05) is 36.4 Å². The number of carbonyl (C=O) groups excluding carboxylic acids is 3. The maximum atomic E-state index is 12.7. The number of hydrogen-bond donors (Lipinski definition) is 3. The highest BCUT2D eigenvalue weighted by atomic mass is 16.2. The lowest BCUT2D eigenvalue weighted by molar-refractivity contribution is -0.125. The summed E-state index contributed by atoms with van der Waals surface area (Å²) in [7, 11) is 0. The van der Waals surface area contributed by atoms with Crippen LogP contribution in [-0.2, 0) is 9.59 Å². The molecule has 35 heavy (non-hydrogen) atoms. The number of aromatic nitrogens is 5. The van der Waals surface area contributed by atoms with Gasteiger partial charge in [0.15, 0.2) is 11.6 Å². The highest BCUT2D eigenvalue weighted by Gasteiger charge is 2.26. The zero-order valence-corrected chi connectivity index (χ0v) is 19.3. The summed E-state index contributed by atoms with van der Waals surface area (Å²) in [5.41, 5.74) is 1.10. The highest BCUT2D eigenvalue weighted by molar-refractivity contribution is 5.95. The van der Waals surface area contributed by atoms with Crippen LogP contribution in [0.2, 0.25) is 0 Å². The first-order valence-electron chi connectivity index (χ1n) is 11.4. The van der Waals surface area contributed by atoms with Crippen molar-refractivity contribution in [3.8, 4) is 5.82 Å². The van der Waals surface area contributed by atoms with Crippen molar-refractivity contribution in [3.63, 3.8) is 0 Å². The molecule has 0 aliphatic carbocycles. The highest BCUT2D eigenvalue weighted by Crippen LogP contribution is 2.21. The molecule has 1 aromatic carbocycles. The van der Waals surface area contributed by atoms with Gasteiger partial charge < -0.3 is 20.9 Å². The second-order valence-corrected chi connectivity index (χ2v) is 8.18. The third-order valence-corrected chi connectivity index (χ3v) is 5.58. The summed E-state index contributed by atoms with van der Waals surface area (Å²) in [6.45, 7) is 3.42. The Hall–Kier alpha value is -4.35. The van der Waals surface area contributed by atoms with Gasteiger partial charge in [-0.15, -0.1) is 10.2 Å². The Kier molecular flexibility index (Phi) is 7.60. The molecule has 12 nitrogen and oxygen atoms in total. The van der Waals surface area contributed by atoms with Crippen molar-refractivity contribution in [1.82, 2.24) is 35.6 Å². The Labute approximate surface area is 202 Å². The fraction of sp³-hybridized carbons (Fsp3) is 0.348. The summed E-state index contributed by atoms with van der Waals surface area (Å²) < 4.78 is 1.53. The first-order chi connectivity index (χ1) is 17.0. The molecule has 2 aromatic heterocycles. The zero-order chi connectivity index (χ0) is 24.6. The van der Waals surface area contributed by atoms with E-state index in [1.165, 1.54) is 17.9 Å². The van der Waals surface area contributed by atoms with Crippen LogP contribution >= 0.6 is 0 Å². The molecule has 1 fully saturated rings. The van der Waals surface area contributed by atoms with Crippen LogP contribution in [0.15, 0.2) is 49.1 Å². The van der Waals surface area contributed by atoms with Crippen molar-refractivity contribution in [2.45, 2.75) is 19.8 Å². The van der Waals surface area contributed by atoms with E-state index < -0.39 is 0 Å². The Morgan fingerprint density at radius 2 is 1.74 bits per heavy atom. The van der Waals surface area contributed by atoms with Gasteiger partial charge in [0, 0.05) is 44.4 Å². The van der Waals surface area contributed by atoms with Crippen molar-refractivity contribution in [1.29, 1.82) is 0 Å². The molecule has 4 rings (SSSR count). The molecule has 3 amide bonds. The molecule has 3 aromatic rings. The summed E-state index contributed by atoms with van der Waals surface area (Å²) in [5.74, 6) is 0.651. The minimum atomic E-state index is -0.245. The van der Waals surface area contributed by atoms with Crippen LogP contribution in [0.3, 0.4) is 0 Å². The lowest BCUT2D eigenvalue weighted by atomic mass is 9.97. The monoisotopic (exact) mass is 477 g/mol. The van der Waals surface area contributed by atoms with E-state index in [0.29, 0.717) is 42.5 Å². The molecule has 182 valence electrons. The Morgan fingerprint density at radius 3 is 2.43 bits per heavy atom. The molecule has 1 aliphatic heterocycles. The van der Waals surface area contributed by atoms with Gasteiger partial charge in [0.2, 0.25) is 11.8 Å². The third kappa shape index (κ3) is 6.37. The minimum Gasteiger partial charge on any atom is -0.354 e. The largest absolute Gasteiger partial charge is 0.354 e. The fourth-order valence-electron chi connectivity index (χ4n) is 3.85. The zero-order valence-electron chi connectivity index (χ0n) is 19.3. The van der Waals surface area contributed by atoms with Crippen LogP contribution in [0.1, 0.15) is 30.1 Å². The average Bonchev–Trinajstić information content (AvgIpc) is 3.42. The molecule has 1 saturated heterocycles. The van der Waals surface area contributed by atoms with Gasteiger partial charge in [0.25, 0.3) is 5.91 Å². The van der Waals surface area contributed by atoms with E-state index in [9.17, 15) is 14.4 Å². The minimum absolute atomic E-state index is 0.0456. The van der Waals surface area contributed by atoms with Crippen molar-refractivity contribution in [3.05, 3.63) is 54.6 Å². The van der Waals surface area contributed by atoms with Crippen molar-refractivity contribution >= 4 is 29.2 Å². The number of piperidine rings is 1. The number of rotatable bonds is 8. The van der Waals surface area contributed by atoms with Gasteiger partial charge in [-0.05, 0) is 49.2 Å². The van der Waals surface area contributed by atoms with Gasteiger partial charge >= 0.3 is 0 Å². The molecule has 1 unspecified atom stereocenters. The molecule has 12 heteroatoms. The Balaban J connectivity index is 1.21. The van der Waals surface area contributed by atoms with Crippen LogP contribution in [0, 0.1) is 5.92 Å². The quantitative estimate of drug-likeness (QED) is 0.403. The normalized spacial score (nSPS) is 15.3. The Bertz CT molecular complexity index is 1150. The molecule has 0 saturated carbocycles. The number of hydrogen-bond acceptors (Lipinski definition) is 8. The summed E-state index contributed by atoms with van der Waals surface area (Å²) in [6.07, 6.45) is 4.65. The molecule has 3 heterocycles. The number of nitrogens with one attached hydrogen (secondary N) is 3. The SMILES string of the molecule is CC(=O)Nc1ccc(C(=O)NCCNC(=O)C2CCCN(c3ccc(-n4cncn4)nn3)C2)cc1. The van der Waals surface area contributed by atoms with Gasteiger partial charge in [-0.2, -0.15) is 5.10 Å². The summed E-state index contributed by atoms with van der Waals surface area (Å²) in [6, 6.07) is 10.3. The standard InChI is InChI=1S/C23H27N9O3/c1-16(33)28-19-6-4-17(5-7-19)22(34)25-10-11-26-23(35)18-3-2-12-31(13-18)20-8-9-21(30-29-20)32-15-24-14-27-32/h4-9,14-15,18H,2-3,10-13H2,1H3,(H,25,34)(H,26,35)(H,28,33). The van der Waals surface area contributed by atoms with E-state index in [1.807, 2.05) is 12.1 Å². The van der Waals surface area contributed by atoms with Gasteiger partial charge in [-0.25, -0.2) is 9.67 Å². The second-order valence-electron chi connectivity index (χ2n) is 8.18. The van der Waals surface area contributed by atoms with Gasteiger partial charge in [-0.3, -0.25) is 14.4 Å². The van der Waals surface area contributed by atoms with Crippen LogP contribution in [-0.4, -0.2) is 68.9 Å². The number of amides is 3. The van der Waals surface area contributed by atoms with E-state index >= 15 is 0 Å². The first kappa shape index (κ1) is 23.8. The molecule has 0 radical (unpaired) electrons. The molecule has 3 N–H and O–H groups in total. The number of benzene rings is 1. The molecule has 0 bridgehead atoms. The summed E-state index contributed by atoms with van der Waals surface area (Å²) >= 11 is 0. The predicted molar refractivity (Wildman–Crippen MR) is 128 cm³/mol. The fourth-order valence-corrected chi connectivity index (χ4v) is 3.85. The van der Waals surface area contributed by atoms with Gasteiger partial charge in [-0.1, -0.05) is 0 Å². The van der Waals surface area contributed by atoms with E-state index in [2.05, 4.69) is 41.1 Å². The van der Waals surface area contributed by atoms with Gasteiger partial charge in [0.05, 0.1) is 5.92 Å². The van der Waals surface area contributed by atoms with Crippen LogP contribution < -0.4 is 20.9 Å². The van der Waals surface area contributed by atoms with Crippen molar-refractivity contribution < 1.29 is 14.4 Å². The molecule has 1 atom stereocenters. The van der Waals surface area contributed by atoms with E-state index in [4.69, 9.17) is 0 Å². The van der Waals surface area contributed by atoms with E-state index in [1.54, 1.807) is 30.6 Å². The average molecular weight is 478 g/mol. The predicted octanol–water partition coefficient (Wildman–Crippen LogP) is 0.778. The second kappa shape index (κ2) is 11.2. The van der Waals surface area contributed by atoms with E-state index in [0.717, 1.165) is 19.4 Å². The topological polar surface area (TPSA) is 147 Å².